The van der Waals surface area contributed by atoms with Crippen molar-refractivity contribution in [1.29, 1.82) is 0 Å². The second kappa shape index (κ2) is 13.1. The van der Waals surface area contributed by atoms with Crippen LogP contribution in [0.3, 0.4) is 0 Å². The molecule has 0 unspecified atom stereocenters. The van der Waals surface area contributed by atoms with E-state index in [0.29, 0.717) is 22.8 Å². The number of hydrazone groups is 1. The molecular formula is C31H35N5O6. The molecule has 1 aliphatic rings. The summed E-state index contributed by atoms with van der Waals surface area (Å²) in [6.45, 7) is 9.31. The SMILES string of the molecule is CCOC(=O)C1=C(C)NC(=O)N[C@@H]1c1ccc(OCC(=O)N/N=C\c2cc(C)n(-c3ccccc3C)c2C)c(OC)c1. The van der Waals surface area contributed by atoms with Gasteiger partial charge in [0, 0.05) is 28.3 Å². The summed E-state index contributed by atoms with van der Waals surface area (Å²) >= 11 is 0. The Hall–Kier alpha value is -5.06. The molecule has 1 aliphatic heterocycles. The van der Waals surface area contributed by atoms with Crippen LogP contribution >= 0.6 is 0 Å². The minimum Gasteiger partial charge on any atom is -0.493 e. The summed E-state index contributed by atoms with van der Waals surface area (Å²) in [5.74, 6) is -0.373. The van der Waals surface area contributed by atoms with E-state index < -0.39 is 23.9 Å². The van der Waals surface area contributed by atoms with Gasteiger partial charge in [-0.3, -0.25) is 4.79 Å². The quantitative estimate of drug-likeness (QED) is 0.190. The number of benzene rings is 2. The number of ether oxygens (including phenoxy) is 3. The lowest BCUT2D eigenvalue weighted by molar-refractivity contribution is -0.139. The fourth-order valence-electron chi connectivity index (χ4n) is 4.86. The first-order valence-electron chi connectivity index (χ1n) is 13.5. The summed E-state index contributed by atoms with van der Waals surface area (Å²) in [5.41, 5.74) is 8.93. The van der Waals surface area contributed by atoms with Crippen molar-refractivity contribution in [1.82, 2.24) is 20.6 Å². The van der Waals surface area contributed by atoms with E-state index in [-0.39, 0.29) is 18.8 Å². The van der Waals surface area contributed by atoms with Gasteiger partial charge >= 0.3 is 12.0 Å². The highest BCUT2D eigenvalue weighted by Gasteiger charge is 2.32. The van der Waals surface area contributed by atoms with Gasteiger partial charge in [0.15, 0.2) is 18.1 Å². The van der Waals surface area contributed by atoms with Crippen LogP contribution in [0, 0.1) is 20.8 Å². The number of aryl methyl sites for hydroxylation is 2. The molecule has 0 radical (unpaired) electrons. The molecule has 0 saturated heterocycles. The molecule has 1 atom stereocenters. The molecule has 2 heterocycles. The Morgan fingerprint density at radius 1 is 1.07 bits per heavy atom. The number of para-hydroxylation sites is 1. The lowest BCUT2D eigenvalue weighted by Crippen LogP contribution is -2.45. The van der Waals surface area contributed by atoms with E-state index in [2.05, 4.69) is 44.8 Å². The van der Waals surface area contributed by atoms with Crippen molar-refractivity contribution in [2.24, 2.45) is 5.10 Å². The molecule has 42 heavy (non-hydrogen) atoms. The number of hydrogen-bond acceptors (Lipinski definition) is 7. The maximum atomic E-state index is 12.6. The number of methoxy groups -OCH3 is 1. The molecule has 1 aromatic heterocycles. The van der Waals surface area contributed by atoms with Crippen molar-refractivity contribution < 1.29 is 28.6 Å². The summed E-state index contributed by atoms with van der Waals surface area (Å²) in [5, 5.41) is 9.46. The number of aromatic nitrogens is 1. The van der Waals surface area contributed by atoms with Gasteiger partial charge < -0.3 is 29.4 Å². The van der Waals surface area contributed by atoms with Gasteiger partial charge in [-0.25, -0.2) is 15.0 Å². The molecule has 220 valence electrons. The van der Waals surface area contributed by atoms with Gasteiger partial charge in [-0.2, -0.15) is 5.10 Å². The number of esters is 1. The monoisotopic (exact) mass is 573 g/mol. The predicted molar refractivity (Wildman–Crippen MR) is 158 cm³/mol. The van der Waals surface area contributed by atoms with E-state index >= 15 is 0 Å². The third-order valence-corrected chi connectivity index (χ3v) is 6.86. The van der Waals surface area contributed by atoms with Gasteiger partial charge in [0.1, 0.15) is 0 Å². The Balaban J connectivity index is 1.42. The molecule has 0 aliphatic carbocycles. The Morgan fingerprint density at radius 2 is 1.83 bits per heavy atom. The van der Waals surface area contributed by atoms with Gasteiger partial charge in [0.25, 0.3) is 5.91 Å². The molecule has 0 fully saturated rings. The fraction of sp³-hybridized carbons (Fsp3) is 0.290. The first-order chi connectivity index (χ1) is 20.1. The molecule has 3 aromatic rings. The van der Waals surface area contributed by atoms with Crippen LogP contribution in [0.15, 0.2) is 64.9 Å². The molecule has 11 nitrogen and oxygen atoms in total. The Morgan fingerprint density at radius 3 is 2.55 bits per heavy atom. The van der Waals surface area contributed by atoms with Crippen molar-refractivity contribution in [2.45, 2.75) is 40.7 Å². The summed E-state index contributed by atoms with van der Waals surface area (Å²) in [6.07, 6.45) is 1.61. The van der Waals surface area contributed by atoms with Gasteiger partial charge in [0.05, 0.1) is 31.5 Å². The second-order valence-corrected chi connectivity index (χ2v) is 9.73. The average Bonchev–Trinajstić information content (AvgIpc) is 3.23. The number of amides is 3. The standard InChI is InChI=1S/C31H35N5O6/c1-7-41-30(38)28-20(4)33-31(39)34-29(28)22-12-13-25(26(15-22)40-6)42-17-27(37)35-32-16-23-14-19(3)36(21(23)5)24-11-9-8-10-18(24)2/h8-16,29H,7,17H2,1-6H3,(H,35,37)(H2,33,34,39)/b32-16-/t29-/m1/s1. The number of rotatable bonds is 10. The fourth-order valence-corrected chi connectivity index (χ4v) is 4.86. The van der Waals surface area contributed by atoms with E-state index in [9.17, 15) is 14.4 Å². The Kier molecular flexibility index (Phi) is 9.31. The van der Waals surface area contributed by atoms with Crippen LogP contribution in [-0.2, 0) is 14.3 Å². The van der Waals surface area contributed by atoms with E-state index in [1.165, 1.54) is 7.11 Å². The van der Waals surface area contributed by atoms with Gasteiger partial charge in [-0.1, -0.05) is 24.3 Å². The van der Waals surface area contributed by atoms with Gasteiger partial charge in [-0.15, -0.1) is 0 Å². The van der Waals surface area contributed by atoms with Crippen LogP contribution in [0.4, 0.5) is 4.79 Å². The number of hydrogen-bond donors (Lipinski definition) is 3. The van der Waals surface area contributed by atoms with Crippen molar-refractivity contribution in [3.8, 4) is 17.2 Å². The summed E-state index contributed by atoms with van der Waals surface area (Å²) in [7, 11) is 1.46. The van der Waals surface area contributed by atoms with Gasteiger partial charge in [-0.05, 0) is 70.0 Å². The number of carbonyl (C=O) groups excluding carboxylic acids is 3. The molecule has 4 rings (SSSR count). The van der Waals surface area contributed by atoms with E-state index in [4.69, 9.17) is 14.2 Å². The summed E-state index contributed by atoms with van der Waals surface area (Å²) in [4.78, 5) is 37.2. The topological polar surface area (TPSA) is 132 Å². The third kappa shape index (κ3) is 6.46. The smallest absolute Gasteiger partial charge is 0.338 e. The molecule has 0 saturated carbocycles. The minimum absolute atomic E-state index is 0.192. The number of allylic oxidation sites excluding steroid dienone is 1. The van der Waals surface area contributed by atoms with Crippen molar-refractivity contribution in [3.63, 3.8) is 0 Å². The highest BCUT2D eigenvalue weighted by molar-refractivity contribution is 5.95. The Bertz CT molecular complexity index is 1570. The highest BCUT2D eigenvalue weighted by Crippen LogP contribution is 2.34. The zero-order valence-corrected chi connectivity index (χ0v) is 24.5. The van der Waals surface area contributed by atoms with E-state index in [1.807, 2.05) is 32.0 Å². The lowest BCUT2D eigenvalue weighted by Gasteiger charge is -2.28. The summed E-state index contributed by atoms with van der Waals surface area (Å²) < 4.78 is 18.5. The van der Waals surface area contributed by atoms with Crippen LogP contribution < -0.4 is 25.5 Å². The second-order valence-electron chi connectivity index (χ2n) is 9.73. The average molecular weight is 574 g/mol. The number of nitrogens with one attached hydrogen (secondary N) is 3. The van der Waals surface area contributed by atoms with Crippen LogP contribution in [0.2, 0.25) is 0 Å². The van der Waals surface area contributed by atoms with Gasteiger partial charge in [0.2, 0.25) is 0 Å². The predicted octanol–water partition coefficient (Wildman–Crippen LogP) is 4.13. The van der Waals surface area contributed by atoms with Crippen LogP contribution in [0.5, 0.6) is 11.5 Å². The zero-order valence-electron chi connectivity index (χ0n) is 24.5. The number of urea groups is 1. The first-order valence-corrected chi connectivity index (χ1v) is 13.5. The third-order valence-electron chi connectivity index (χ3n) is 6.86. The normalized spacial score (nSPS) is 14.8. The van der Waals surface area contributed by atoms with Crippen molar-refractivity contribution >= 4 is 24.1 Å². The zero-order chi connectivity index (χ0) is 30.4. The maximum absolute atomic E-state index is 12.6. The lowest BCUT2D eigenvalue weighted by atomic mass is 9.95. The molecule has 2 aromatic carbocycles. The molecule has 0 spiro atoms. The number of nitrogens with zero attached hydrogens (tertiary/aromatic N) is 2. The van der Waals surface area contributed by atoms with Crippen molar-refractivity contribution in [3.05, 3.63) is 87.9 Å². The highest BCUT2D eigenvalue weighted by atomic mass is 16.5. The van der Waals surface area contributed by atoms with Crippen LogP contribution in [-0.4, -0.2) is 49.0 Å². The van der Waals surface area contributed by atoms with E-state index in [1.54, 1.807) is 38.3 Å². The summed E-state index contributed by atoms with van der Waals surface area (Å²) in [6, 6.07) is 13.9. The Labute approximate surface area is 244 Å². The maximum Gasteiger partial charge on any atom is 0.338 e. The van der Waals surface area contributed by atoms with Crippen molar-refractivity contribution in [2.75, 3.05) is 20.3 Å². The molecule has 0 bridgehead atoms. The van der Waals surface area contributed by atoms with Crippen LogP contribution in [0.1, 0.15) is 48.0 Å². The first kappa shape index (κ1) is 29.9. The molecule has 11 heteroatoms. The molecule has 3 N–H and O–H groups in total. The number of carbonyl (C=O) groups is 3. The largest absolute Gasteiger partial charge is 0.493 e. The molecular weight excluding hydrogens is 538 g/mol. The van der Waals surface area contributed by atoms with E-state index in [0.717, 1.165) is 28.2 Å². The molecule has 3 amide bonds. The minimum atomic E-state index is -0.758. The van der Waals surface area contributed by atoms with Crippen LogP contribution in [0.25, 0.3) is 5.69 Å².